The van der Waals surface area contributed by atoms with Crippen LogP contribution in [0.5, 0.6) is 0 Å². The van der Waals surface area contributed by atoms with E-state index < -0.39 is 11.8 Å². The number of aryl methyl sites for hydroxylation is 1. The van der Waals surface area contributed by atoms with Crippen molar-refractivity contribution >= 4 is 5.91 Å². The lowest BCUT2D eigenvalue weighted by atomic mass is 9.73. The molecule has 0 unspecified atom stereocenters. The molecule has 1 aliphatic carbocycles. The van der Waals surface area contributed by atoms with Gasteiger partial charge in [0.2, 0.25) is 5.91 Å². The van der Waals surface area contributed by atoms with Gasteiger partial charge in [0.15, 0.2) is 0 Å². The highest BCUT2D eigenvalue weighted by atomic mass is 19.3. The first-order valence-electron chi connectivity index (χ1n) is 13.4. The Morgan fingerprint density at radius 1 is 1.06 bits per heavy atom. The molecular formula is C28H42F3N3O. The van der Waals surface area contributed by atoms with Crippen molar-refractivity contribution in [1.29, 1.82) is 0 Å². The second-order valence-corrected chi connectivity index (χ2v) is 11.6. The summed E-state index contributed by atoms with van der Waals surface area (Å²) >= 11 is 0. The van der Waals surface area contributed by atoms with Gasteiger partial charge >= 0.3 is 0 Å². The van der Waals surface area contributed by atoms with E-state index in [9.17, 15) is 9.18 Å². The summed E-state index contributed by atoms with van der Waals surface area (Å²) < 4.78 is 45.0. The first-order valence-corrected chi connectivity index (χ1v) is 13.4. The predicted molar refractivity (Wildman–Crippen MR) is 133 cm³/mol. The molecule has 2 aliphatic heterocycles. The number of benzene rings is 1. The summed E-state index contributed by atoms with van der Waals surface area (Å²) in [7, 11) is 0. The van der Waals surface area contributed by atoms with Crippen LogP contribution in [0.4, 0.5) is 13.2 Å². The lowest BCUT2D eigenvalue weighted by Gasteiger charge is -2.48. The molecule has 0 radical (unpaired) electrons. The number of amides is 1. The first kappa shape index (κ1) is 26.5. The third kappa shape index (κ3) is 5.71. The molecule has 1 aromatic rings. The molecule has 0 bridgehead atoms. The lowest BCUT2D eigenvalue weighted by Crippen LogP contribution is -2.58. The molecule has 1 aromatic carbocycles. The molecule has 7 heteroatoms. The Balaban J connectivity index is 1.40. The number of alkyl halides is 2. The van der Waals surface area contributed by atoms with E-state index in [1.54, 1.807) is 11.0 Å². The highest BCUT2D eigenvalue weighted by molar-refractivity contribution is 5.77. The fraction of sp³-hybridized carbons (Fsp3) is 0.750. The van der Waals surface area contributed by atoms with Gasteiger partial charge in [0.05, 0.1) is 0 Å². The van der Waals surface area contributed by atoms with Gasteiger partial charge < -0.3 is 4.90 Å². The van der Waals surface area contributed by atoms with Crippen molar-refractivity contribution in [3.63, 3.8) is 0 Å². The summed E-state index contributed by atoms with van der Waals surface area (Å²) in [5.74, 6) is -4.12. The fourth-order valence-corrected chi connectivity index (χ4v) is 6.47. The zero-order valence-electron chi connectivity index (χ0n) is 21.8. The van der Waals surface area contributed by atoms with Crippen molar-refractivity contribution in [3.8, 4) is 0 Å². The molecule has 0 N–H and O–H groups in total. The Morgan fingerprint density at radius 2 is 1.71 bits per heavy atom. The van der Waals surface area contributed by atoms with E-state index in [1.807, 2.05) is 26.0 Å². The van der Waals surface area contributed by atoms with Crippen LogP contribution in [0.25, 0.3) is 0 Å². The molecule has 3 aliphatic rings. The largest absolute Gasteiger partial charge is 0.343 e. The molecule has 196 valence electrons. The van der Waals surface area contributed by atoms with Crippen molar-refractivity contribution in [2.75, 3.05) is 39.3 Å². The molecular weight excluding hydrogens is 451 g/mol. The zero-order chi connectivity index (χ0) is 25.4. The number of likely N-dealkylation sites (tertiary alicyclic amines) is 1. The third-order valence-corrected chi connectivity index (χ3v) is 8.95. The van der Waals surface area contributed by atoms with Gasteiger partial charge in [0.25, 0.3) is 5.92 Å². The number of hydrogen-bond donors (Lipinski definition) is 0. The summed E-state index contributed by atoms with van der Waals surface area (Å²) in [4.78, 5) is 19.6. The predicted octanol–water partition coefficient (Wildman–Crippen LogP) is 5.23. The van der Waals surface area contributed by atoms with Crippen LogP contribution in [0.15, 0.2) is 18.2 Å². The zero-order valence-corrected chi connectivity index (χ0v) is 21.8. The minimum absolute atomic E-state index is 0.0995. The van der Waals surface area contributed by atoms with Crippen molar-refractivity contribution in [2.24, 2.45) is 5.92 Å². The van der Waals surface area contributed by atoms with E-state index >= 15 is 8.78 Å². The Morgan fingerprint density at radius 3 is 2.31 bits per heavy atom. The van der Waals surface area contributed by atoms with E-state index in [0.717, 1.165) is 38.2 Å². The van der Waals surface area contributed by atoms with Crippen LogP contribution in [0.2, 0.25) is 0 Å². The average Bonchev–Trinajstić information content (AvgIpc) is 2.80. The van der Waals surface area contributed by atoms with Crippen molar-refractivity contribution < 1.29 is 18.0 Å². The van der Waals surface area contributed by atoms with Crippen LogP contribution in [-0.2, 0) is 10.2 Å². The minimum Gasteiger partial charge on any atom is -0.343 e. The van der Waals surface area contributed by atoms with E-state index in [4.69, 9.17) is 0 Å². The van der Waals surface area contributed by atoms with Crippen LogP contribution < -0.4 is 0 Å². The Kier molecular flexibility index (Phi) is 7.87. The molecule has 2 heterocycles. The summed E-state index contributed by atoms with van der Waals surface area (Å²) in [6.07, 6.45) is 2.30. The van der Waals surface area contributed by atoms with Gasteiger partial charge in [0, 0.05) is 70.1 Å². The summed E-state index contributed by atoms with van der Waals surface area (Å²) in [5.41, 5.74) is 1.23. The lowest BCUT2D eigenvalue weighted by molar-refractivity contribution is -0.151. The first-order chi connectivity index (χ1) is 16.5. The Bertz CT molecular complexity index is 889. The highest BCUT2D eigenvalue weighted by Crippen LogP contribution is 2.44. The monoisotopic (exact) mass is 493 g/mol. The highest BCUT2D eigenvalue weighted by Gasteiger charge is 2.50. The standard InChI is InChI=1S/C28H42F3N3O/c1-20(2)32-14-16-33(17-15-32)25-6-5-9-28(30,31)23(25)19-26(35)34-12-10-27(4,11-13-34)22-8-7-21(3)18-24(22)29/h7-8,18,20,23,25H,5-6,9-17,19H2,1-4H3/t23-,25+/m1/s1. The molecule has 0 spiro atoms. The number of hydrogen-bond acceptors (Lipinski definition) is 3. The molecule has 1 amide bonds. The molecule has 4 nitrogen and oxygen atoms in total. The smallest absolute Gasteiger partial charge is 0.252 e. The average molecular weight is 494 g/mol. The van der Waals surface area contributed by atoms with Crippen molar-refractivity contribution in [2.45, 2.75) is 89.6 Å². The maximum atomic E-state index is 15.2. The molecule has 35 heavy (non-hydrogen) atoms. The number of piperidine rings is 1. The van der Waals surface area contributed by atoms with Crippen molar-refractivity contribution in [1.82, 2.24) is 14.7 Å². The molecule has 3 fully saturated rings. The third-order valence-electron chi connectivity index (χ3n) is 8.95. The van der Waals surface area contributed by atoms with Crippen molar-refractivity contribution in [3.05, 3.63) is 35.1 Å². The van der Waals surface area contributed by atoms with E-state index in [0.29, 0.717) is 44.0 Å². The summed E-state index contributed by atoms with van der Waals surface area (Å²) in [5, 5.41) is 0. The van der Waals surface area contributed by atoms with Gasteiger partial charge in [-0.25, -0.2) is 13.2 Å². The van der Waals surface area contributed by atoms with Gasteiger partial charge in [-0.15, -0.1) is 0 Å². The SMILES string of the molecule is Cc1ccc(C2(C)CCN(C(=O)C[C@@H]3[C@@H](N4CCN(C(C)C)CC4)CCCC3(F)F)CC2)c(F)c1. The number of rotatable bonds is 5. The fourth-order valence-electron chi connectivity index (χ4n) is 6.47. The number of nitrogens with zero attached hydrogens (tertiary/aromatic N) is 3. The van der Waals surface area contributed by atoms with Crippen LogP contribution in [0, 0.1) is 18.7 Å². The van der Waals surface area contributed by atoms with Crippen LogP contribution >= 0.6 is 0 Å². The normalized spacial score (nSPS) is 27.8. The Hall–Kier alpha value is -1.60. The van der Waals surface area contributed by atoms with Gasteiger partial charge in [-0.3, -0.25) is 14.6 Å². The number of carbonyl (C=O) groups excluding carboxylic acids is 1. The molecule has 4 rings (SSSR count). The van der Waals surface area contributed by atoms with E-state index in [2.05, 4.69) is 23.6 Å². The molecule has 2 saturated heterocycles. The second-order valence-electron chi connectivity index (χ2n) is 11.6. The Labute approximate surface area is 208 Å². The van der Waals surface area contributed by atoms with E-state index in [1.165, 1.54) is 0 Å². The van der Waals surface area contributed by atoms with Gasteiger partial charge in [-0.2, -0.15) is 0 Å². The van der Waals surface area contributed by atoms with Gasteiger partial charge in [0.1, 0.15) is 5.82 Å². The number of piperazine rings is 1. The van der Waals surface area contributed by atoms with Crippen LogP contribution in [0.3, 0.4) is 0 Å². The molecule has 0 aromatic heterocycles. The quantitative estimate of drug-likeness (QED) is 0.562. The van der Waals surface area contributed by atoms with E-state index in [-0.39, 0.29) is 36.0 Å². The molecule has 2 atom stereocenters. The number of carbonyl (C=O) groups is 1. The molecule has 1 saturated carbocycles. The summed E-state index contributed by atoms with van der Waals surface area (Å²) in [6, 6.07) is 5.56. The summed E-state index contributed by atoms with van der Waals surface area (Å²) in [6.45, 7) is 12.6. The number of halogens is 3. The van der Waals surface area contributed by atoms with Gasteiger partial charge in [-0.05, 0) is 69.1 Å². The minimum atomic E-state index is -2.82. The maximum Gasteiger partial charge on any atom is 0.252 e. The van der Waals surface area contributed by atoms with Crippen LogP contribution in [0.1, 0.15) is 70.4 Å². The van der Waals surface area contributed by atoms with Crippen LogP contribution in [-0.4, -0.2) is 77.9 Å². The topological polar surface area (TPSA) is 26.8 Å². The second kappa shape index (κ2) is 10.4. The van der Waals surface area contributed by atoms with Gasteiger partial charge in [-0.1, -0.05) is 19.1 Å². The maximum absolute atomic E-state index is 15.2.